The van der Waals surface area contributed by atoms with Crippen molar-refractivity contribution in [2.75, 3.05) is 12.9 Å². The van der Waals surface area contributed by atoms with Gasteiger partial charge in [-0.2, -0.15) is 0 Å². The lowest BCUT2D eigenvalue weighted by atomic mass is 10.2. The molecule has 0 saturated heterocycles. The summed E-state index contributed by atoms with van der Waals surface area (Å²) in [4.78, 5) is 4.41. The molecule has 0 bridgehead atoms. The van der Waals surface area contributed by atoms with E-state index in [1.165, 1.54) is 0 Å². The van der Waals surface area contributed by atoms with Gasteiger partial charge in [-0.1, -0.05) is 23.2 Å². The summed E-state index contributed by atoms with van der Waals surface area (Å²) in [5.74, 6) is 0.975. The highest BCUT2D eigenvalue weighted by Gasteiger charge is 2.11. The van der Waals surface area contributed by atoms with Crippen LogP contribution in [0.25, 0.3) is 10.9 Å². The van der Waals surface area contributed by atoms with Crippen LogP contribution in [0.5, 0.6) is 0 Å². The van der Waals surface area contributed by atoms with Crippen molar-refractivity contribution >= 4 is 25.4 Å². The molecule has 2 aromatic rings. The highest BCUT2D eigenvalue weighted by Crippen LogP contribution is 2.15. The van der Waals surface area contributed by atoms with Crippen LogP contribution in [0.1, 0.15) is 18.9 Å². The smallest absolute Gasteiger partial charge is 0.0702 e. The molecule has 0 fully saturated rings. The van der Waals surface area contributed by atoms with Gasteiger partial charge in [0.15, 0.2) is 0 Å². The molecular weight excluding hydrogens is 282 g/mol. The van der Waals surface area contributed by atoms with Gasteiger partial charge >= 0.3 is 0 Å². The van der Waals surface area contributed by atoms with E-state index in [2.05, 4.69) is 16.6 Å². The number of methoxy groups -OCH3 is 1. The van der Waals surface area contributed by atoms with Gasteiger partial charge in [-0.25, -0.2) is 0 Å². The molecule has 2 rings (SSSR count). The molecule has 21 heavy (non-hydrogen) atoms. The summed E-state index contributed by atoms with van der Waals surface area (Å²) in [6.07, 6.45) is 2.62. The quantitative estimate of drug-likeness (QED) is 0.770. The van der Waals surface area contributed by atoms with Gasteiger partial charge in [0, 0.05) is 39.7 Å². The largest absolute Gasteiger partial charge is 0.382 e. The van der Waals surface area contributed by atoms with Gasteiger partial charge in [0.05, 0.1) is 11.6 Å². The first kappa shape index (κ1) is 15.8. The molecule has 0 radical (unpaired) electrons. The van der Waals surface area contributed by atoms with Crippen molar-refractivity contribution in [2.45, 2.75) is 25.2 Å². The summed E-state index contributed by atoms with van der Waals surface area (Å²) in [6, 6.07) is 9.96. The molecule has 0 aliphatic heterocycles. The molecule has 0 N–H and O–H groups in total. The van der Waals surface area contributed by atoms with Crippen LogP contribution >= 0.6 is 0 Å². The predicted molar refractivity (Wildman–Crippen MR) is 90.2 cm³/mol. The van der Waals surface area contributed by atoms with Crippen LogP contribution in [-0.4, -0.2) is 33.2 Å². The predicted octanol–water partition coefficient (Wildman–Crippen LogP) is 3.03. The maximum absolute atomic E-state index is 12.8. The Bertz CT molecular complexity index is 756. The van der Waals surface area contributed by atoms with Crippen LogP contribution in [0.4, 0.5) is 0 Å². The lowest BCUT2D eigenvalue weighted by Crippen LogP contribution is -2.16. The van der Waals surface area contributed by atoms with Crippen LogP contribution in [0.15, 0.2) is 43.1 Å². The Hall–Kier alpha value is -1.61. The molecule has 2 atom stereocenters. The van der Waals surface area contributed by atoms with E-state index in [1.54, 1.807) is 13.3 Å². The number of hydrogen-bond donors (Lipinski definition) is 0. The summed E-state index contributed by atoms with van der Waals surface area (Å²) >= 11 is 0. The number of benzene rings is 1. The first-order chi connectivity index (χ1) is 10.1. The third-order valence-electron chi connectivity index (χ3n) is 3.57. The monoisotopic (exact) mass is 303 g/mol. The van der Waals surface area contributed by atoms with Crippen LogP contribution in [0, 0.1) is 0 Å². The molecule has 0 saturated carbocycles. The molecule has 0 aliphatic carbocycles. The van der Waals surface area contributed by atoms with Gasteiger partial charge < -0.3 is 4.74 Å². The second-order valence-corrected chi connectivity index (χ2v) is 7.79. The number of aromatic nitrogens is 1. The lowest BCUT2D eigenvalue weighted by Gasteiger charge is -2.12. The molecule has 1 aromatic heterocycles. The second kappa shape index (κ2) is 6.90. The lowest BCUT2D eigenvalue weighted by molar-refractivity contribution is 0.116. The number of ether oxygens (including phenoxy) is 1. The SMILES string of the molecule is C=C=S(=O)(CC[C@@H](C)OC)Cc1cnc2ccccc2c1. The fraction of sp³-hybridized carbons (Fsp3) is 0.353. The minimum absolute atomic E-state index is 0.0916. The molecule has 1 aromatic carbocycles. The molecule has 0 aliphatic rings. The number of fused-ring (bicyclic) bond motifs is 1. The van der Waals surface area contributed by atoms with Crippen LogP contribution < -0.4 is 0 Å². The average Bonchev–Trinajstić information content (AvgIpc) is 2.52. The highest BCUT2D eigenvalue weighted by atomic mass is 32.2. The van der Waals surface area contributed by atoms with E-state index in [0.717, 1.165) is 22.9 Å². The summed E-state index contributed by atoms with van der Waals surface area (Å²) in [6.45, 7) is 5.61. The van der Waals surface area contributed by atoms with Crippen LogP contribution in [-0.2, 0) is 20.0 Å². The van der Waals surface area contributed by atoms with Gasteiger partial charge in [0.2, 0.25) is 0 Å². The van der Waals surface area contributed by atoms with E-state index in [4.69, 9.17) is 4.74 Å². The van der Waals surface area contributed by atoms with Crippen molar-refractivity contribution in [3.8, 4) is 0 Å². The highest BCUT2D eigenvalue weighted by molar-refractivity contribution is 8.00. The maximum atomic E-state index is 12.8. The number of para-hydroxylation sites is 1. The van der Waals surface area contributed by atoms with Crippen molar-refractivity contribution in [1.82, 2.24) is 4.98 Å². The number of rotatable bonds is 6. The molecule has 3 nitrogen and oxygen atoms in total. The third kappa shape index (κ3) is 4.18. The van der Waals surface area contributed by atoms with Crippen molar-refractivity contribution in [3.63, 3.8) is 0 Å². The first-order valence-corrected chi connectivity index (χ1v) is 8.86. The zero-order chi connectivity index (χ0) is 15.3. The van der Waals surface area contributed by atoms with Gasteiger partial charge in [-0.05, 0) is 37.6 Å². The number of hydrogen-bond acceptors (Lipinski definition) is 3. The summed E-state index contributed by atoms with van der Waals surface area (Å²) < 4.78 is 18.0. The Morgan fingerprint density at radius 3 is 2.90 bits per heavy atom. The number of nitrogens with zero attached hydrogens (tertiary/aromatic N) is 1. The normalized spacial score (nSPS) is 15.3. The summed E-state index contributed by atoms with van der Waals surface area (Å²) in [5.41, 5.74) is 1.91. The standard InChI is InChI=1S/C17H21NO2S/c1-4-21(19,10-9-14(2)20-3)13-15-11-16-7-5-6-8-17(16)18-12-15/h5-8,11-12,14H,1,9-10,13H2,2-3H3/t14-,21?/m1/s1. The number of pyridine rings is 1. The molecule has 0 spiro atoms. The fourth-order valence-corrected chi connectivity index (χ4v) is 3.93. The molecule has 4 heteroatoms. The summed E-state index contributed by atoms with van der Waals surface area (Å²) in [5, 5.41) is 3.81. The maximum Gasteiger partial charge on any atom is 0.0702 e. The molecule has 0 amide bonds. The molecule has 1 heterocycles. The van der Waals surface area contributed by atoms with Gasteiger partial charge in [0.25, 0.3) is 0 Å². The van der Waals surface area contributed by atoms with E-state index in [9.17, 15) is 4.21 Å². The van der Waals surface area contributed by atoms with Gasteiger partial charge in [0.1, 0.15) is 0 Å². The fourth-order valence-electron chi connectivity index (χ4n) is 2.13. The zero-order valence-electron chi connectivity index (χ0n) is 12.5. The van der Waals surface area contributed by atoms with Crippen molar-refractivity contribution < 1.29 is 8.95 Å². The Balaban J connectivity index is 2.20. The first-order valence-electron chi connectivity index (χ1n) is 6.96. The van der Waals surface area contributed by atoms with Gasteiger partial charge in [-0.3, -0.25) is 9.19 Å². The summed E-state index contributed by atoms with van der Waals surface area (Å²) in [7, 11) is -0.571. The van der Waals surface area contributed by atoms with Gasteiger partial charge in [-0.15, -0.1) is 0 Å². The van der Waals surface area contributed by atoms with E-state index in [-0.39, 0.29) is 6.10 Å². The Labute approximate surface area is 126 Å². The van der Waals surface area contributed by atoms with Crippen LogP contribution in [0.3, 0.4) is 0 Å². The van der Waals surface area contributed by atoms with E-state index < -0.39 is 9.52 Å². The van der Waals surface area contributed by atoms with Crippen molar-refractivity contribution in [2.24, 2.45) is 0 Å². The van der Waals surface area contributed by atoms with E-state index in [1.807, 2.05) is 37.3 Å². The average molecular weight is 303 g/mol. The van der Waals surface area contributed by atoms with Crippen LogP contribution in [0.2, 0.25) is 0 Å². The zero-order valence-corrected chi connectivity index (χ0v) is 13.4. The third-order valence-corrected chi connectivity index (χ3v) is 5.79. The minimum Gasteiger partial charge on any atom is -0.382 e. The Morgan fingerprint density at radius 2 is 2.19 bits per heavy atom. The molecule has 112 valence electrons. The molecular formula is C17H21NO2S. The Morgan fingerprint density at radius 1 is 1.43 bits per heavy atom. The van der Waals surface area contributed by atoms with E-state index >= 15 is 0 Å². The molecule has 1 unspecified atom stereocenters. The van der Waals surface area contributed by atoms with E-state index in [0.29, 0.717) is 11.5 Å². The van der Waals surface area contributed by atoms with Crippen molar-refractivity contribution in [3.05, 3.63) is 48.7 Å². The second-order valence-electron chi connectivity index (χ2n) is 5.18. The van der Waals surface area contributed by atoms with Crippen molar-refractivity contribution in [1.29, 1.82) is 0 Å². The minimum atomic E-state index is -2.23. The topological polar surface area (TPSA) is 39.2 Å². The Kier molecular flexibility index (Phi) is 5.18.